The first-order valence-electron chi connectivity index (χ1n) is 6.85. The zero-order valence-electron chi connectivity index (χ0n) is 11.2. The van der Waals surface area contributed by atoms with E-state index in [4.69, 9.17) is 0 Å². The molecule has 4 heteroatoms. The molecule has 0 bridgehead atoms. The molecule has 0 heterocycles. The number of halogens is 3. The Kier molecular flexibility index (Phi) is 3.53. The summed E-state index contributed by atoms with van der Waals surface area (Å²) in [6.45, 7) is 0. The Labute approximate surface area is 120 Å². The quantitative estimate of drug-likeness (QED) is 0.755. The molecule has 3 rings (SSSR count). The van der Waals surface area contributed by atoms with Crippen LogP contribution in [0.4, 0.5) is 13.2 Å². The lowest BCUT2D eigenvalue weighted by molar-refractivity contribution is 0.103. The van der Waals surface area contributed by atoms with Gasteiger partial charge in [-0.3, -0.25) is 4.79 Å². The molecular weight excluding hydrogens is 277 g/mol. The van der Waals surface area contributed by atoms with Gasteiger partial charge in [-0.15, -0.1) is 0 Å². The van der Waals surface area contributed by atoms with Crippen LogP contribution in [0.25, 0.3) is 0 Å². The standard InChI is InChI=1S/C17H13F3O/c18-13-8-14(19)16(15(20)9-13)17(21)12-6-2-5-11(7-12)10-3-1-4-10/h2,5-10H,1,3-4H2. The summed E-state index contributed by atoms with van der Waals surface area (Å²) in [6, 6.07) is 7.86. The molecule has 21 heavy (non-hydrogen) atoms. The van der Waals surface area contributed by atoms with Crippen molar-refractivity contribution >= 4 is 5.78 Å². The number of hydrogen-bond donors (Lipinski definition) is 0. The first kappa shape index (κ1) is 13.9. The maximum Gasteiger partial charge on any atom is 0.198 e. The summed E-state index contributed by atoms with van der Waals surface area (Å²) in [5.74, 6) is -3.73. The highest BCUT2D eigenvalue weighted by atomic mass is 19.1. The number of ketones is 1. The molecule has 0 spiro atoms. The molecular formula is C17H13F3O. The Morgan fingerprint density at radius 3 is 2.24 bits per heavy atom. The summed E-state index contributed by atoms with van der Waals surface area (Å²) in [5, 5.41) is 0. The SMILES string of the molecule is O=C(c1cccc(C2CCC2)c1)c1c(F)cc(F)cc1F. The Bertz CT molecular complexity index is 682. The highest BCUT2D eigenvalue weighted by Crippen LogP contribution is 2.36. The fourth-order valence-electron chi connectivity index (χ4n) is 2.58. The van der Waals surface area contributed by atoms with Crippen LogP contribution in [0.5, 0.6) is 0 Å². The van der Waals surface area contributed by atoms with Crippen molar-refractivity contribution in [2.45, 2.75) is 25.2 Å². The van der Waals surface area contributed by atoms with Gasteiger partial charge in [-0.05, 0) is 30.4 Å². The Morgan fingerprint density at radius 1 is 1.00 bits per heavy atom. The molecule has 0 aromatic heterocycles. The van der Waals surface area contributed by atoms with Crippen molar-refractivity contribution in [1.82, 2.24) is 0 Å². The monoisotopic (exact) mass is 290 g/mol. The van der Waals surface area contributed by atoms with Gasteiger partial charge in [-0.1, -0.05) is 24.6 Å². The van der Waals surface area contributed by atoms with E-state index >= 15 is 0 Å². The van der Waals surface area contributed by atoms with E-state index in [0.717, 1.165) is 24.8 Å². The zero-order chi connectivity index (χ0) is 15.0. The van der Waals surface area contributed by atoms with E-state index < -0.39 is 28.8 Å². The molecule has 1 fully saturated rings. The molecule has 0 radical (unpaired) electrons. The smallest absolute Gasteiger partial charge is 0.198 e. The van der Waals surface area contributed by atoms with Crippen molar-refractivity contribution in [2.24, 2.45) is 0 Å². The van der Waals surface area contributed by atoms with Gasteiger partial charge in [0.25, 0.3) is 0 Å². The fourth-order valence-corrected chi connectivity index (χ4v) is 2.58. The largest absolute Gasteiger partial charge is 0.288 e. The van der Waals surface area contributed by atoms with Crippen molar-refractivity contribution < 1.29 is 18.0 Å². The van der Waals surface area contributed by atoms with Gasteiger partial charge >= 0.3 is 0 Å². The molecule has 0 N–H and O–H groups in total. The van der Waals surface area contributed by atoms with Gasteiger partial charge < -0.3 is 0 Å². The van der Waals surface area contributed by atoms with Crippen LogP contribution in [-0.2, 0) is 0 Å². The fraction of sp³-hybridized carbons (Fsp3) is 0.235. The van der Waals surface area contributed by atoms with E-state index in [1.165, 1.54) is 6.07 Å². The van der Waals surface area contributed by atoms with E-state index in [9.17, 15) is 18.0 Å². The third-order valence-corrected chi connectivity index (χ3v) is 3.96. The second kappa shape index (κ2) is 5.35. The maximum atomic E-state index is 13.7. The van der Waals surface area contributed by atoms with Gasteiger partial charge in [0.2, 0.25) is 0 Å². The van der Waals surface area contributed by atoms with E-state index in [1.54, 1.807) is 12.1 Å². The molecule has 1 saturated carbocycles. The topological polar surface area (TPSA) is 17.1 Å². The summed E-state index contributed by atoms with van der Waals surface area (Å²) in [6.07, 6.45) is 3.29. The third kappa shape index (κ3) is 2.58. The Balaban J connectivity index is 1.99. The molecule has 0 saturated heterocycles. The average molecular weight is 290 g/mol. The van der Waals surface area contributed by atoms with Crippen LogP contribution in [0.3, 0.4) is 0 Å². The van der Waals surface area contributed by atoms with Gasteiger partial charge in [-0.2, -0.15) is 0 Å². The molecule has 1 aliphatic rings. The normalized spacial score (nSPS) is 14.8. The van der Waals surface area contributed by atoms with Gasteiger partial charge in [0.1, 0.15) is 17.5 Å². The predicted octanol–water partition coefficient (Wildman–Crippen LogP) is 4.60. The second-order valence-electron chi connectivity index (χ2n) is 5.33. The number of hydrogen-bond acceptors (Lipinski definition) is 1. The summed E-state index contributed by atoms with van der Waals surface area (Å²) in [7, 11) is 0. The predicted molar refractivity (Wildman–Crippen MR) is 72.8 cm³/mol. The van der Waals surface area contributed by atoms with Gasteiger partial charge in [0.15, 0.2) is 5.78 Å². The lowest BCUT2D eigenvalue weighted by atomic mass is 9.79. The van der Waals surface area contributed by atoms with E-state index in [1.807, 2.05) is 6.07 Å². The molecule has 1 nitrogen and oxygen atoms in total. The molecule has 0 atom stereocenters. The van der Waals surface area contributed by atoms with Crippen LogP contribution in [0.15, 0.2) is 36.4 Å². The number of carbonyl (C=O) groups excluding carboxylic acids is 1. The first-order valence-corrected chi connectivity index (χ1v) is 6.85. The van der Waals surface area contributed by atoms with Crippen LogP contribution < -0.4 is 0 Å². The van der Waals surface area contributed by atoms with Crippen LogP contribution in [0.1, 0.15) is 46.7 Å². The maximum absolute atomic E-state index is 13.7. The van der Waals surface area contributed by atoms with Crippen LogP contribution >= 0.6 is 0 Å². The zero-order valence-corrected chi connectivity index (χ0v) is 11.2. The number of rotatable bonds is 3. The van der Waals surface area contributed by atoms with Gasteiger partial charge in [-0.25, -0.2) is 13.2 Å². The lowest BCUT2D eigenvalue weighted by Gasteiger charge is -2.26. The summed E-state index contributed by atoms with van der Waals surface area (Å²) < 4.78 is 40.3. The van der Waals surface area contributed by atoms with Crippen molar-refractivity contribution in [2.75, 3.05) is 0 Å². The summed E-state index contributed by atoms with van der Waals surface area (Å²) in [5.41, 5.74) is 0.529. The lowest BCUT2D eigenvalue weighted by Crippen LogP contribution is -2.12. The van der Waals surface area contributed by atoms with Crippen LogP contribution in [0, 0.1) is 17.5 Å². The van der Waals surface area contributed by atoms with E-state index in [-0.39, 0.29) is 5.56 Å². The van der Waals surface area contributed by atoms with Crippen molar-refractivity contribution in [3.63, 3.8) is 0 Å². The van der Waals surface area contributed by atoms with Gasteiger partial charge in [0.05, 0.1) is 5.56 Å². The Hall–Kier alpha value is -2.10. The molecule has 2 aromatic rings. The first-order chi connectivity index (χ1) is 10.1. The van der Waals surface area contributed by atoms with Crippen LogP contribution in [0.2, 0.25) is 0 Å². The minimum absolute atomic E-state index is 0.226. The molecule has 0 amide bonds. The van der Waals surface area contributed by atoms with E-state index in [0.29, 0.717) is 18.1 Å². The van der Waals surface area contributed by atoms with Crippen molar-refractivity contribution in [3.8, 4) is 0 Å². The van der Waals surface area contributed by atoms with Crippen molar-refractivity contribution in [1.29, 1.82) is 0 Å². The van der Waals surface area contributed by atoms with Gasteiger partial charge in [0, 0.05) is 17.7 Å². The molecule has 2 aromatic carbocycles. The third-order valence-electron chi connectivity index (χ3n) is 3.96. The minimum atomic E-state index is -1.17. The number of benzene rings is 2. The highest BCUT2D eigenvalue weighted by molar-refractivity contribution is 6.09. The molecule has 1 aliphatic carbocycles. The summed E-state index contributed by atoms with van der Waals surface area (Å²) in [4.78, 5) is 12.3. The average Bonchev–Trinajstić information content (AvgIpc) is 2.35. The van der Waals surface area contributed by atoms with Crippen LogP contribution in [-0.4, -0.2) is 5.78 Å². The number of carbonyl (C=O) groups is 1. The molecule has 108 valence electrons. The molecule has 0 aliphatic heterocycles. The minimum Gasteiger partial charge on any atom is -0.288 e. The van der Waals surface area contributed by atoms with E-state index in [2.05, 4.69) is 0 Å². The Morgan fingerprint density at radius 2 is 1.67 bits per heavy atom. The second-order valence-corrected chi connectivity index (χ2v) is 5.33. The summed E-state index contributed by atoms with van der Waals surface area (Å²) >= 11 is 0. The van der Waals surface area contributed by atoms with Crippen molar-refractivity contribution in [3.05, 3.63) is 70.5 Å². The molecule has 0 unspecified atom stereocenters. The highest BCUT2D eigenvalue weighted by Gasteiger charge is 2.23.